The van der Waals surface area contributed by atoms with E-state index in [4.69, 9.17) is 4.74 Å². The average molecular weight is 400 g/mol. The number of fused-ring (bicyclic) bond motifs is 1. The Morgan fingerprint density at radius 3 is 2.76 bits per heavy atom. The van der Waals surface area contributed by atoms with Gasteiger partial charge in [0.2, 0.25) is 5.91 Å². The minimum Gasteiger partial charge on any atom is -0.492 e. The molecule has 1 aromatic heterocycles. The second-order valence-corrected chi connectivity index (χ2v) is 6.44. The molecule has 5 nitrogen and oxygen atoms in total. The number of para-hydroxylation sites is 1. The zero-order valence-corrected chi connectivity index (χ0v) is 15.4. The SMILES string of the molecule is CC(=O)NN=Cc1cn(CCOc2ccc(Br)cc2)c2ccccc12. The van der Waals surface area contributed by atoms with E-state index in [-0.39, 0.29) is 5.91 Å². The lowest BCUT2D eigenvalue weighted by Crippen LogP contribution is -2.12. The lowest BCUT2D eigenvalue weighted by molar-refractivity contribution is -0.118. The van der Waals surface area contributed by atoms with Gasteiger partial charge in [-0.1, -0.05) is 34.1 Å². The third-order valence-electron chi connectivity index (χ3n) is 3.66. The Bertz CT molecular complexity index is 901. The highest BCUT2D eigenvalue weighted by molar-refractivity contribution is 9.10. The normalized spacial score (nSPS) is 11.1. The molecule has 1 amide bonds. The van der Waals surface area contributed by atoms with E-state index in [2.05, 4.69) is 37.1 Å². The fraction of sp³-hybridized carbons (Fsp3) is 0.158. The van der Waals surface area contributed by atoms with Crippen LogP contribution in [0.5, 0.6) is 5.75 Å². The Kier molecular flexibility index (Phi) is 5.50. The zero-order valence-electron chi connectivity index (χ0n) is 13.8. The molecule has 0 bridgehead atoms. The first-order chi connectivity index (χ1) is 12.1. The number of hydrogen-bond acceptors (Lipinski definition) is 3. The number of halogens is 1. The number of hydrogen-bond donors (Lipinski definition) is 1. The summed E-state index contributed by atoms with van der Waals surface area (Å²) in [6.07, 6.45) is 3.68. The number of carbonyl (C=O) groups excluding carboxylic acids is 1. The van der Waals surface area contributed by atoms with Gasteiger partial charge in [-0.25, -0.2) is 5.43 Å². The summed E-state index contributed by atoms with van der Waals surface area (Å²) in [5.74, 6) is 0.648. The molecule has 0 spiro atoms. The number of aromatic nitrogens is 1. The number of hydrazone groups is 1. The van der Waals surface area contributed by atoms with Gasteiger partial charge in [-0.15, -0.1) is 0 Å². The van der Waals surface area contributed by atoms with Crippen molar-refractivity contribution in [2.45, 2.75) is 13.5 Å². The van der Waals surface area contributed by atoms with Crippen molar-refractivity contribution in [3.05, 3.63) is 64.8 Å². The van der Waals surface area contributed by atoms with Crippen molar-refractivity contribution >= 4 is 39.0 Å². The summed E-state index contributed by atoms with van der Waals surface area (Å²) in [5, 5.41) is 5.05. The molecule has 128 valence electrons. The molecule has 0 unspecified atom stereocenters. The smallest absolute Gasteiger partial charge is 0.236 e. The van der Waals surface area contributed by atoms with E-state index >= 15 is 0 Å². The monoisotopic (exact) mass is 399 g/mol. The Morgan fingerprint density at radius 2 is 2.00 bits per heavy atom. The second kappa shape index (κ2) is 7.98. The van der Waals surface area contributed by atoms with Gasteiger partial charge in [-0.2, -0.15) is 5.10 Å². The summed E-state index contributed by atoms with van der Waals surface area (Å²) in [6, 6.07) is 15.9. The molecule has 0 saturated carbocycles. The fourth-order valence-electron chi connectivity index (χ4n) is 2.55. The van der Waals surface area contributed by atoms with Crippen molar-refractivity contribution in [3.63, 3.8) is 0 Å². The summed E-state index contributed by atoms with van der Waals surface area (Å²) in [4.78, 5) is 11.0. The highest BCUT2D eigenvalue weighted by Crippen LogP contribution is 2.20. The molecular weight excluding hydrogens is 382 g/mol. The Hall–Kier alpha value is -2.60. The van der Waals surface area contributed by atoms with Crippen LogP contribution >= 0.6 is 15.9 Å². The van der Waals surface area contributed by atoms with Gasteiger partial charge < -0.3 is 9.30 Å². The maximum atomic E-state index is 11.0. The van der Waals surface area contributed by atoms with Gasteiger partial charge in [-0.05, 0) is 30.3 Å². The minimum absolute atomic E-state index is 0.192. The highest BCUT2D eigenvalue weighted by atomic mass is 79.9. The summed E-state index contributed by atoms with van der Waals surface area (Å²) in [6.45, 7) is 2.70. The van der Waals surface area contributed by atoms with Crippen LogP contribution in [0, 0.1) is 0 Å². The molecule has 1 N–H and O–H groups in total. The third kappa shape index (κ3) is 4.48. The van der Waals surface area contributed by atoms with Crippen molar-refractivity contribution in [2.24, 2.45) is 5.10 Å². The molecule has 0 radical (unpaired) electrons. The largest absolute Gasteiger partial charge is 0.492 e. The van der Waals surface area contributed by atoms with Crippen LogP contribution < -0.4 is 10.2 Å². The van der Waals surface area contributed by atoms with Crippen LogP contribution in [0.4, 0.5) is 0 Å². The molecule has 0 saturated heterocycles. The number of rotatable bonds is 6. The molecule has 3 rings (SSSR count). The van der Waals surface area contributed by atoms with Gasteiger partial charge in [-0.3, -0.25) is 4.79 Å². The molecule has 3 aromatic rings. The summed E-state index contributed by atoms with van der Waals surface area (Å²) in [7, 11) is 0. The lowest BCUT2D eigenvalue weighted by Gasteiger charge is -2.08. The predicted molar refractivity (Wildman–Crippen MR) is 103 cm³/mol. The number of nitrogens with one attached hydrogen (secondary N) is 1. The van der Waals surface area contributed by atoms with Gasteiger partial charge in [0.25, 0.3) is 0 Å². The standard InChI is InChI=1S/C19H18BrN3O2/c1-14(24)22-21-12-15-13-23(19-5-3-2-4-18(15)19)10-11-25-17-8-6-16(20)7-9-17/h2-9,12-13H,10-11H2,1H3,(H,22,24). The van der Waals surface area contributed by atoms with Crippen molar-refractivity contribution in [1.29, 1.82) is 0 Å². The number of carbonyl (C=O) groups is 1. The van der Waals surface area contributed by atoms with Gasteiger partial charge >= 0.3 is 0 Å². The van der Waals surface area contributed by atoms with E-state index in [0.29, 0.717) is 13.2 Å². The van der Waals surface area contributed by atoms with Gasteiger partial charge in [0.15, 0.2) is 0 Å². The van der Waals surface area contributed by atoms with Crippen LogP contribution in [0.15, 0.2) is 64.3 Å². The van der Waals surface area contributed by atoms with E-state index in [0.717, 1.165) is 26.7 Å². The molecule has 0 fully saturated rings. The summed E-state index contributed by atoms with van der Waals surface area (Å²) >= 11 is 3.41. The first-order valence-electron chi connectivity index (χ1n) is 7.89. The topological polar surface area (TPSA) is 55.6 Å². The number of ether oxygens (including phenoxy) is 1. The molecule has 6 heteroatoms. The molecule has 0 aliphatic rings. The van der Waals surface area contributed by atoms with Crippen molar-refractivity contribution in [1.82, 2.24) is 9.99 Å². The first kappa shape index (κ1) is 17.2. The van der Waals surface area contributed by atoms with E-state index in [1.54, 1.807) is 6.21 Å². The first-order valence-corrected chi connectivity index (χ1v) is 8.68. The molecule has 0 atom stereocenters. The van der Waals surface area contributed by atoms with Crippen molar-refractivity contribution in [2.75, 3.05) is 6.61 Å². The molecule has 2 aromatic carbocycles. The maximum Gasteiger partial charge on any atom is 0.236 e. The van der Waals surface area contributed by atoms with E-state index in [1.165, 1.54) is 6.92 Å². The van der Waals surface area contributed by atoms with Gasteiger partial charge in [0, 0.05) is 34.1 Å². The van der Waals surface area contributed by atoms with Crippen LogP contribution in [0.3, 0.4) is 0 Å². The Labute approximate surface area is 154 Å². The molecule has 0 aliphatic heterocycles. The molecule has 25 heavy (non-hydrogen) atoms. The van der Waals surface area contributed by atoms with Crippen molar-refractivity contribution in [3.8, 4) is 5.75 Å². The Balaban J connectivity index is 1.73. The minimum atomic E-state index is -0.192. The maximum absolute atomic E-state index is 11.0. The number of nitrogens with zero attached hydrogens (tertiary/aromatic N) is 2. The summed E-state index contributed by atoms with van der Waals surface area (Å²) in [5.41, 5.74) is 4.48. The number of benzene rings is 2. The van der Waals surface area contributed by atoms with E-state index < -0.39 is 0 Å². The Morgan fingerprint density at radius 1 is 1.24 bits per heavy atom. The van der Waals surface area contributed by atoms with E-state index in [9.17, 15) is 4.79 Å². The van der Waals surface area contributed by atoms with Gasteiger partial charge in [0.1, 0.15) is 12.4 Å². The fourth-order valence-corrected chi connectivity index (χ4v) is 2.81. The average Bonchev–Trinajstić information content (AvgIpc) is 2.95. The molecular formula is C19H18BrN3O2. The quantitative estimate of drug-likeness (QED) is 0.503. The van der Waals surface area contributed by atoms with Crippen LogP contribution in [0.2, 0.25) is 0 Å². The molecule has 1 heterocycles. The van der Waals surface area contributed by atoms with Crippen LogP contribution in [0.25, 0.3) is 10.9 Å². The van der Waals surface area contributed by atoms with Crippen molar-refractivity contribution < 1.29 is 9.53 Å². The van der Waals surface area contributed by atoms with Crippen LogP contribution in [0.1, 0.15) is 12.5 Å². The third-order valence-corrected chi connectivity index (χ3v) is 4.19. The summed E-state index contributed by atoms with van der Waals surface area (Å²) < 4.78 is 8.96. The highest BCUT2D eigenvalue weighted by Gasteiger charge is 2.06. The lowest BCUT2D eigenvalue weighted by atomic mass is 10.2. The van der Waals surface area contributed by atoms with E-state index in [1.807, 2.05) is 48.7 Å². The number of amides is 1. The second-order valence-electron chi connectivity index (χ2n) is 5.52. The van der Waals surface area contributed by atoms with Crippen LogP contribution in [-0.2, 0) is 11.3 Å². The predicted octanol–water partition coefficient (Wildman–Crippen LogP) is 3.95. The van der Waals surface area contributed by atoms with Gasteiger partial charge in [0.05, 0.1) is 12.8 Å². The molecule has 0 aliphatic carbocycles. The zero-order chi connectivity index (χ0) is 17.6. The van der Waals surface area contributed by atoms with Crippen LogP contribution in [-0.4, -0.2) is 23.3 Å².